The second-order valence-corrected chi connectivity index (χ2v) is 6.66. The molecular formula is C21H21NO3. The fourth-order valence-electron chi connectivity index (χ4n) is 3.19. The summed E-state index contributed by atoms with van der Waals surface area (Å²) in [4.78, 5) is 11.9. The number of phenolic OH excluding ortho intramolecular Hbond substituents is 1. The smallest absolute Gasteiger partial charge is 0.223 e. The molecule has 0 bridgehead atoms. The van der Waals surface area contributed by atoms with Gasteiger partial charge in [0.15, 0.2) is 0 Å². The summed E-state index contributed by atoms with van der Waals surface area (Å²) in [6.45, 7) is 0.585. The number of nitrogens with one attached hydrogen (secondary N) is 1. The minimum Gasteiger partial charge on any atom is -0.508 e. The summed E-state index contributed by atoms with van der Waals surface area (Å²) in [5, 5.41) is 13.8. The number of carbonyl (C=O) groups is 1. The number of amides is 1. The van der Waals surface area contributed by atoms with E-state index in [-0.39, 0.29) is 17.6 Å². The molecule has 0 saturated heterocycles. The van der Waals surface area contributed by atoms with Crippen molar-refractivity contribution in [3.05, 3.63) is 65.4 Å². The molecule has 1 heterocycles. The van der Waals surface area contributed by atoms with E-state index in [1.54, 1.807) is 18.2 Å². The lowest BCUT2D eigenvalue weighted by atomic mass is 10.0. The fourth-order valence-corrected chi connectivity index (χ4v) is 3.19. The molecule has 1 aliphatic rings. The van der Waals surface area contributed by atoms with Crippen LogP contribution in [0.3, 0.4) is 0 Å². The van der Waals surface area contributed by atoms with Crippen LogP contribution >= 0.6 is 0 Å². The van der Waals surface area contributed by atoms with E-state index < -0.39 is 0 Å². The summed E-state index contributed by atoms with van der Waals surface area (Å²) in [6, 6.07) is 15.3. The quantitative estimate of drug-likeness (QED) is 0.720. The van der Waals surface area contributed by atoms with Gasteiger partial charge in [-0.2, -0.15) is 0 Å². The van der Waals surface area contributed by atoms with Gasteiger partial charge in [0.05, 0.1) is 0 Å². The highest BCUT2D eigenvalue weighted by Crippen LogP contribution is 2.31. The summed E-state index contributed by atoms with van der Waals surface area (Å²) in [6.07, 6.45) is 3.40. The van der Waals surface area contributed by atoms with Crippen molar-refractivity contribution in [1.29, 1.82) is 0 Å². The molecule has 1 saturated carbocycles. The van der Waals surface area contributed by atoms with E-state index in [4.69, 9.17) is 4.42 Å². The van der Waals surface area contributed by atoms with Crippen molar-refractivity contribution >= 4 is 16.9 Å². The molecule has 1 amide bonds. The Morgan fingerprint density at radius 2 is 1.96 bits per heavy atom. The van der Waals surface area contributed by atoms with Crippen LogP contribution in [0.15, 0.2) is 52.9 Å². The van der Waals surface area contributed by atoms with Crippen LogP contribution in [0, 0.1) is 5.92 Å². The van der Waals surface area contributed by atoms with Crippen LogP contribution in [0.2, 0.25) is 0 Å². The van der Waals surface area contributed by atoms with Crippen LogP contribution in [0.4, 0.5) is 0 Å². The SMILES string of the molecule is O=C(NCCc1c(Cc2ccccc2)oc2ccc(O)cc12)C1CC1. The lowest BCUT2D eigenvalue weighted by molar-refractivity contribution is -0.122. The molecule has 1 aliphatic carbocycles. The monoisotopic (exact) mass is 335 g/mol. The molecule has 1 aromatic heterocycles. The van der Waals surface area contributed by atoms with Gasteiger partial charge in [-0.1, -0.05) is 30.3 Å². The molecule has 3 aromatic rings. The summed E-state index contributed by atoms with van der Waals surface area (Å²) >= 11 is 0. The van der Waals surface area contributed by atoms with Crippen LogP contribution < -0.4 is 5.32 Å². The Morgan fingerprint density at radius 1 is 1.16 bits per heavy atom. The van der Waals surface area contributed by atoms with Crippen LogP contribution in [-0.4, -0.2) is 17.6 Å². The van der Waals surface area contributed by atoms with Gasteiger partial charge in [0, 0.05) is 29.8 Å². The van der Waals surface area contributed by atoms with Gasteiger partial charge in [-0.15, -0.1) is 0 Å². The molecule has 2 aromatic carbocycles. The average molecular weight is 335 g/mol. The van der Waals surface area contributed by atoms with Gasteiger partial charge < -0.3 is 14.8 Å². The predicted molar refractivity (Wildman–Crippen MR) is 96.6 cm³/mol. The predicted octanol–water partition coefficient (Wildman–Crippen LogP) is 3.80. The van der Waals surface area contributed by atoms with Gasteiger partial charge >= 0.3 is 0 Å². The van der Waals surface area contributed by atoms with Gasteiger partial charge in [0.1, 0.15) is 17.1 Å². The standard InChI is InChI=1S/C21H21NO3/c23-16-8-9-19-18(13-16)17(10-11-22-21(24)15-6-7-15)20(25-19)12-14-4-2-1-3-5-14/h1-5,8-9,13,15,23H,6-7,10-12H2,(H,22,24). The Kier molecular flexibility index (Phi) is 4.18. The topological polar surface area (TPSA) is 62.5 Å². The van der Waals surface area contributed by atoms with Crippen LogP contribution in [0.25, 0.3) is 11.0 Å². The van der Waals surface area contributed by atoms with Crippen molar-refractivity contribution in [3.63, 3.8) is 0 Å². The maximum Gasteiger partial charge on any atom is 0.223 e. The number of fused-ring (bicyclic) bond motifs is 1. The van der Waals surface area contributed by atoms with Gasteiger partial charge in [-0.3, -0.25) is 4.79 Å². The third-order valence-electron chi connectivity index (χ3n) is 4.69. The van der Waals surface area contributed by atoms with Crippen molar-refractivity contribution in [2.45, 2.75) is 25.7 Å². The molecule has 4 nitrogen and oxygen atoms in total. The Labute approximate surface area is 146 Å². The van der Waals surface area contributed by atoms with E-state index in [2.05, 4.69) is 17.4 Å². The van der Waals surface area contributed by atoms with Crippen molar-refractivity contribution in [1.82, 2.24) is 5.32 Å². The molecule has 0 spiro atoms. The maximum atomic E-state index is 11.9. The van der Waals surface area contributed by atoms with Gasteiger partial charge in [-0.05, 0) is 43.0 Å². The molecule has 1 fully saturated rings. The first-order valence-electron chi connectivity index (χ1n) is 8.75. The summed E-state index contributed by atoms with van der Waals surface area (Å²) in [7, 11) is 0. The number of benzene rings is 2. The lowest BCUT2D eigenvalue weighted by Crippen LogP contribution is -2.27. The minimum atomic E-state index is 0.153. The molecule has 0 atom stereocenters. The van der Waals surface area contributed by atoms with E-state index in [0.717, 1.165) is 35.1 Å². The summed E-state index contributed by atoms with van der Waals surface area (Å²) in [5.74, 6) is 1.49. The Bertz CT molecular complexity index is 894. The third kappa shape index (κ3) is 3.53. The van der Waals surface area contributed by atoms with Crippen LogP contribution in [0.5, 0.6) is 5.75 Å². The van der Waals surface area contributed by atoms with E-state index in [0.29, 0.717) is 19.4 Å². The average Bonchev–Trinajstić information content (AvgIpc) is 3.41. The van der Waals surface area contributed by atoms with Crippen molar-refractivity contribution in [2.75, 3.05) is 6.54 Å². The van der Waals surface area contributed by atoms with Crippen molar-refractivity contribution in [2.24, 2.45) is 5.92 Å². The molecule has 4 rings (SSSR count). The van der Waals surface area contributed by atoms with Gasteiger partial charge in [-0.25, -0.2) is 0 Å². The third-order valence-corrected chi connectivity index (χ3v) is 4.69. The first-order chi connectivity index (χ1) is 12.2. The number of carbonyl (C=O) groups excluding carboxylic acids is 1. The number of phenols is 1. The van der Waals surface area contributed by atoms with Gasteiger partial charge in [0.2, 0.25) is 5.91 Å². The highest BCUT2D eigenvalue weighted by molar-refractivity contribution is 5.84. The highest BCUT2D eigenvalue weighted by atomic mass is 16.3. The zero-order valence-electron chi connectivity index (χ0n) is 14.0. The first-order valence-corrected chi connectivity index (χ1v) is 8.75. The van der Waals surface area contributed by atoms with Crippen LogP contribution in [-0.2, 0) is 17.6 Å². The second-order valence-electron chi connectivity index (χ2n) is 6.66. The molecule has 4 heteroatoms. The lowest BCUT2D eigenvalue weighted by Gasteiger charge is -2.06. The molecule has 0 unspecified atom stereocenters. The van der Waals surface area contributed by atoms with Crippen molar-refractivity contribution < 1.29 is 14.3 Å². The molecule has 0 aliphatic heterocycles. The van der Waals surface area contributed by atoms with E-state index in [1.165, 1.54) is 5.56 Å². The number of rotatable bonds is 6. The maximum absolute atomic E-state index is 11.9. The Hall–Kier alpha value is -2.75. The largest absolute Gasteiger partial charge is 0.508 e. The molecular weight excluding hydrogens is 314 g/mol. The summed E-state index contributed by atoms with van der Waals surface area (Å²) in [5.41, 5.74) is 3.01. The molecule has 128 valence electrons. The number of furan rings is 1. The highest BCUT2D eigenvalue weighted by Gasteiger charge is 2.29. The number of hydrogen-bond acceptors (Lipinski definition) is 3. The second kappa shape index (κ2) is 6.63. The van der Waals surface area contributed by atoms with Gasteiger partial charge in [0.25, 0.3) is 0 Å². The minimum absolute atomic E-state index is 0.153. The van der Waals surface area contributed by atoms with E-state index in [1.807, 2.05) is 18.2 Å². The fraction of sp³-hybridized carbons (Fsp3) is 0.286. The molecule has 0 radical (unpaired) electrons. The normalized spacial score (nSPS) is 13.9. The number of aromatic hydroxyl groups is 1. The van der Waals surface area contributed by atoms with Crippen molar-refractivity contribution in [3.8, 4) is 5.75 Å². The molecule has 25 heavy (non-hydrogen) atoms. The first kappa shape index (κ1) is 15.8. The Morgan fingerprint density at radius 3 is 2.72 bits per heavy atom. The number of hydrogen-bond donors (Lipinski definition) is 2. The zero-order valence-corrected chi connectivity index (χ0v) is 14.0. The molecule has 2 N–H and O–H groups in total. The van der Waals surface area contributed by atoms with E-state index in [9.17, 15) is 9.90 Å². The van der Waals surface area contributed by atoms with Crippen LogP contribution in [0.1, 0.15) is 29.7 Å². The van der Waals surface area contributed by atoms with E-state index >= 15 is 0 Å². The summed E-state index contributed by atoms with van der Waals surface area (Å²) < 4.78 is 6.05. The zero-order chi connectivity index (χ0) is 17.2. The Balaban J connectivity index is 1.60.